The number of benzene rings is 1. The van der Waals surface area contributed by atoms with Crippen LogP contribution in [0.5, 0.6) is 0 Å². The molecule has 0 saturated carbocycles. The predicted octanol–water partition coefficient (Wildman–Crippen LogP) is 1.54. The van der Waals surface area contributed by atoms with Gasteiger partial charge in [-0.3, -0.25) is 9.59 Å². The SMILES string of the molecule is Cc1nc(CCNC(=O)C2CCc3ccccc3C2)cc(=O)[nH]1. The third-order valence-electron chi connectivity index (χ3n) is 4.31. The number of carbonyl (C=O) groups is 1. The zero-order chi connectivity index (χ0) is 16.2. The Morgan fingerprint density at radius 2 is 2.13 bits per heavy atom. The summed E-state index contributed by atoms with van der Waals surface area (Å²) in [5, 5.41) is 2.98. The first-order valence-electron chi connectivity index (χ1n) is 8.03. The van der Waals surface area contributed by atoms with E-state index in [0.29, 0.717) is 24.5 Å². The second kappa shape index (κ2) is 6.77. The van der Waals surface area contributed by atoms with E-state index < -0.39 is 0 Å². The van der Waals surface area contributed by atoms with Gasteiger partial charge >= 0.3 is 0 Å². The summed E-state index contributed by atoms with van der Waals surface area (Å²) >= 11 is 0. The van der Waals surface area contributed by atoms with Crippen molar-refractivity contribution in [2.24, 2.45) is 5.92 Å². The van der Waals surface area contributed by atoms with Gasteiger partial charge in [0.1, 0.15) is 5.82 Å². The monoisotopic (exact) mass is 311 g/mol. The summed E-state index contributed by atoms with van der Waals surface area (Å²) in [7, 11) is 0. The molecule has 1 aliphatic rings. The summed E-state index contributed by atoms with van der Waals surface area (Å²) in [5.74, 6) is 0.738. The highest BCUT2D eigenvalue weighted by Crippen LogP contribution is 2.25. The summed E-state index contributed by atoms with van der Waals surface area (Å²) in [6.45, 7) is 2.26. The normalized spacial score (nSPS) is 16.7. The molecule has 3 rings (SSSR count). The van der Waals surface area contributed by atoms with Crippen molar-refractivity contribution in [3.63, 3.8) is 0 Å². The van der Waals surface area contributed by atoms with Gasteiger partial charge < -0.3 is 10.3 Å². The minimum Gasteiger partial charge on any atom is -0.355 e. The molecule has 1 amide bonds. The quantitative estimate of drug-likeness (QED) is 0.899. The summed E-state index contributed by atoms with van der Waals surface area (Å²) in [4.78, 5) is 30.6. The first-order chi connectivity index (χ1) is 11.1. The fourth-order valence-electron chi connectivity index (χ4n) is 3.15. The highest BCUT2D eigenvalue weighted by Gasteiger charge is 2.23. The van der Waals surface area contributed by atoms with Crippen LogP contribution >= 0.6 is 0 Å². The van der Waals surface area contributed by atoms with Crippen molar-refractivity contribution >= 4 is 5.91 Å². The fourth-order valence-corrected chi connectivity index (χ4v) is 3.15. The van der Waals surface area contributed by atoms with Crippen molar-refractivity contribution in [2.75, 3.05) is 6.54 Å². The van der Waals surface area contributed by atoms with Crippen molar-refractivity contribution in [2.45, 2.75) is 32.6 Å². The first-order valence-corrected chi connectivity index (χ1v) is 8.03. The number of amides is 1. The molecule has 1 unspecified atom stereocenters. The molecule has 5 heteroatoms. The lowest BCUT2D eigenvalue weighted by molar-refractivity contribution is -0.125. The maximum atomic E-state index is 12.3. The number of rotatable bonds is 4. The number of aromatic nitrogens is 2. The second-order valence-corrected chi connectivity index (χ2v) is 6.07. The Kier molecular flexibility index (Phi) is 4.55. The Morgan fingerprint density at radius 1 is 1.35 bits per heavy atom. The molecule has 0 fully saturated rings. The molecular formula is C18H21N3O2. The Balaban J connectivity index is 1.53. The average molecular weight is 311 g/mol. The van der Waals surface area contributed by atoms with Crippen LogP contribution in [0.15, 0.2) is 35.1 Å². The summed E-state index contributed by atoms with van der Waals surface area (Å²) in [6, 6.07) is 9.81. The van der Waals surface area contributed by atoms with E-state index in [4.69, 9.17) is 0 Å². The Bertz CT molecular complexity index is 767. The molecule has 2 aromatic rings. The van der Waals surface area contributed by atoms with Crippen molar-refractivity contribution in [3.05, 3.63) is 63.3 Å². The molecule has 0 radical (unpaired) electrons. The summed E-state index contributed by atoms with van der Waals surface area (Å²) in [5.41, 5.74) is 3.20. The first kappa shape index (κ1) is 15.5. The van der Waals surface area contributed by atoms with Crippen molar-refractivity contribution in [1.82, 2.24) is 15.3 Å². The third-order valence-corrected chi connectivity index (χ3v) is 4.31. The van der Waals surface area contributed by atoms with E-state index in [1.165, 1.54) is 17.2 Å². The van der Waals surface area contributed by atoms with Crippen LogP contribution in [0.2, 0.25) is 0 Å². The van der Waals surface area contributed by atoms with Gasteiger partial charge in [-0.15, -0.1) is 0 Å². The number of nitrogens with one attached hydrogen (secondary N) is 2. The van der Waals surface area contributed by atoms with Crippen LogP contribution in [0, 0.1) is 12.8 Å². The predicted molar refractivity (Wildman–Crippen MR) is 88.3 cm³/mol. The molecule has 0 bridgehead atoms. The van der Waals surface area contributed by atoms with Crippen LogP contribution in [0.4, 0.5) is 0 Å². The van der Waals surface area contributed by atoms with E-state index >= 15 is 0 Å². The van der Waals surface area contributed by atoms with Crippen LogP contribution in [-0.2, 0) is 24.1 Å². The molecule has 0 spiro atoms. The van der Waals surface area contributed by atoms with E-state index in [1.54, 1.807) is 6.92 Å². The Labute approximate surface area is 135 Å². The van der Waals surface area contributed by atoms with Crippen LogP contribution in [0.1, 0.15) is 29.1 Å². The molecule has 1 heterocycles. The van der Waals surface area contributed by atoms with Crippen molar-refractivity contribution in [3.8, 4) is 0 Å². The molecule has 2 N–H and O–H groups in total. The average Bonchev–Trinajstić information content (AvgIpc) is 2.53. The summed E-state index contributed by atoms with van der Waals surface area (Å²) in [6.07, 6.45) is 3.23. The second-order valence-electron chi connectivity index (χ2n) is 6.07. The van der Waals surface area contributed by atoms with Gasteiger partial charge in [0.2, 0.25) is 5.91 Å². The molecule has 1 aromatic carbocycles. The molecule has 23 heavy (non-hydrogen) atoms. The number of aryl methyl sites for hydroxylation is 2. The fraction of sp³-hybridized carbons (Fsp3) is 0.389. The largest absolute Gasteiger partial charge is 0.355 e. The smallest absolute Gasteiger partial charge is 0.251 e. The maximum absolute atomic E-state index is 12.3. The van der Waals surface area contributed by atoms with Gasteiger partial charge in [0.15, 0.2) is 0 Å². The van der Waals surface area contributed by atoms with E-state index in [9.17, 15) is 9.59 Å². The minimum atomic E-state index is -0.150. The number of hydrogen-bond acceptors (Lipinski definition) is 3. The van der Waals surface area contributed by atoms with Crippen LogP contribution in [-0.4, -0.2) is 22.4 Å². The van der Waals surface area contributed by atoms with Gasteiger partial charge in [-0.05, 0) is 37.3 Å². The van der Waals surface area contributed by atoms with Gasteiger partial charge in [0.05, 0.1) is 0 Å². The summed E-state index contributed by atoms with van der Waals surface area (Å²) < 4.78 is 0. The molecule has 1 atom stereocenters. The number of nitrogens with zero attached hydrogens (tertiary/aromatic N) is 1. The molecule has 0 aliphatic heterocycles. The molecule has 120 valence electrons. The van der Waals surface area contributed by atoms with Gasteiger partial charge in [0, 0.05) is 30.6 Å². The molecule has 1 aromatic heterocycles. The van der Waals surface area contributed by atoms with Gasteiger partial charge in [-0.1, -0.05) is 24.3 Å². The van der Waals surface area contributed by atoms with Crippen molar-refractivity contribution in [1.29, 1.82) is 0 Å². The number of H-pyrrole nitrogens is 1. The van der Waals surface area contributed by atoms with E-state index in [0.717, 1.165) is 19.3 Å². The topological polar surface area (TPSA) is 74.8 Å². The Morgan fingerprint density at radius 3 is 2.91 bits per heavy atom. The standard InChI is InChI=1S/C18H21N3O2/c1-12-20-16(11-17(22)21-12)8-9-19-18(23)15-7-6-13-4-2-3-5-14(13)10-15/h2-5,11,15H,6-10H2,1H3,(H,19,23)(H,20,21,22). The van der Waals surface area contributed by atoms with Crippen LogP contribution in [0.3, 0.4) is 0 Å². The van der Waals surface area contributed by atoms with Gasteiger partial charge in [-0.25, -0.2) is 4.98 Å². The minimum absolute atomic E-state index is 0.0405. The lowest BCUT2D eigenvalue weighted by atomic mass is 9.83. The third kappa shape index (κ3) is 3.86. The highest BCUT2D eigenvalue weighted by atomic mass is 16.1. The molecule has 1 aliphatic carbocycles. The zero-order valence-electron chi connectivity index (χ0n) is 13.3. The maximum Gasteiger partial charge on any atom is 0.251 e. The molecular weight excluding hydrogens is 290 g/mol. The van der Waals surface area contributed by atoms with Gasteiger partial charge in [-0.2, -0.15) is 0 Å². The zero-order valence-corrected chi connectivity index (χ0v) is 13.3. The number of aromatic amines is 1. The number of fused-ring (bicyclic) bond motifs is 1. The number of carbonyl (C=O) groups excluding carboxylic acids is 1. The van der Waals surface area contributed by atoms with Crippen molar-refractivity contribution < 1.29 is 4.79 Å². The molecule has 5 nitrogen and oxygen atoms in total. The van der Waals surface area contributed by atoms with E-state index in [2.05, 4.69) is 33.5 Å². The number of hydrogen-bond donors (Lipinski definition) is 2. The van der Waals surface area contributed by atoms with Gasteiger partial charge in [0.25, 0.3) is 5.56 Å². The highest BCUT2D eigenvalue weighted by molar-refractivity contribution is 5.79. The lowest BCUT2D eigenvalue weighted by Gasteiger charge is -2.23. The van der Waals surface area contributed by atoms with E-state index in [-0.39, 0.29) is 17.4 Å². The Hall–Kier alpha value is -2.43. The molecule has 0 saturated heterocycles. The van der Waals surface area contributed by atoms with Crippen LogP contribution < -0.4 is 10.9 Å². The van der Waals surface area contributed by atoms with Crippen LogP contribution in [0.25, 0.3) is 0 Å². The van der Waals surface area contributed by atoms with E-state index in [1.807, 2.05) is 6.07 Å². The lowest BCUT2D eigenvalue weighted by Crippen LogP contribution is -2.35.